The molecule has 0 aliphatic heterocycles. The van der Waals surface area contributed by atoms with E-state index in [9.17, 15) is 4.79 Å². The third-order valence-electron chi connectivity index (χ3n) is 6.41. The predicted octanol–water partition coefficient (Wildman–Crippen LogP) is 5.37. The van der Waals surface area contributed by atoms with E-state index in [1.165, 1.54) is 64.2 Å². The maximum absolute atomic E-state index is 12.0. The Balaban J connectivity index is 1.62. The van der Waals surface area contributed by atoms with E-state index in [4.69, 9.17) is 9.47 Å². The van der Waals surface area contributed by atoms with Crippen LogP contribution < -0.4 is 0 Å². The molecule has 0 spiro atoms. The normalized spacial score (nSPS) is 30.9. The Labute approximate surface area is 148 Å². The first kappa shape index (κ1) is 19.8. The van der Waals surface area contributed by atoms with Crippen molar-refractivity contribution in [2.45, 2.75) is 84.0 Å². The Bertz CT molecular complexity index is 339. The molecule has 0 N–H and O–H groups in total. The van der Waals surface area contributed by atoms with E-state index in [0.717, 1.165) is 30.6 Å². The van der Waals surface area contributed by atoms with Gasteiger partial charge in [-0.15, -0.1) is 0 Å². The first-order chi connectivity index (χ1) is 11.7. The molecule has 0 amide bonds. The molecule has 0 heterocycles. The monoisotopic (exact) mass is 338 g/mol. The highest BCUT2D eigenvalue weighted by Gasteiger charge is 2.33. The second kappa shape index (κ2) is 11.1. The number of hydrogen-bond acceptors (Lipinski definition) is 3. The van der Waals surface area contributed by atoms with E-state index in [1.807, 2.05) is 0 Å². The minimum absolute atomic E-state index is 0.00475. The molecule has 0 radical (unpaired) electrons. The minimum Gasteiger partial charge on any atom is -0.463 e. The molecular formula is C21H38O3. The molecule has 0 aromatic heterocycles. The van der Waals surface area contributed by atoms with Gasteiger partial charge >= 0.3 is 5.97 Å². The van der Waals surface area contributed by atoms with Gasteiger partial charge in [0.25, 0.3) is 0 Å². The number of methoxy groups -OCH3 is 1. The van der Waals surface area contributed by atoms with Gasteiger partial charge < -0.3 is 9.47 Å². The van der Waals surface area contributed by atoms with Crippen molar-refractivity contribution in [1.29, 1.82) is 0 Å². The first-order valence-corrected chi connectivity index (χ1v) is 10.4. The quantitative estimate of drug-likeness (QED) is 0.419. The summed E-state index contributed by atoms with van der Waals surface area (Å²) in [5, 5.41) is 0. The molecule has 3 nitrogen and oxygen atoms in total. The zero-order valence-electron chi connectivity index (χ0n) is 15.9. The molecule has 140 valence electrons. The van der Waals surface area contributed by atoms with E-state index in [0.29, 0.717) is 13.2 Å². The number of esters is 1. The molecule has 0 aromatic carbocycles. The van der Waals surface area contributed by atoms with Crippen LogP contribution in [0.2, 0.25) is 0 Å². The van der Waals surface area contributed by atoms with E-state index in [-0.39, 0.29) is 11.9 Å². The lowest BCUT2D eigenvalue weighted by molar-refractivity contribution is -0.151. The fourth-order valence-electron chi connectivity index (χ4n) is 4.80. The Hall–Kier alpha value is -0.570. The van der Waals surface area contributed by atoms with E-state index in [2.05, 4.69) is 6.92 Å². The highest BCUT2D eigenvalue weighted by atomic mass is 16.6. The van der Waals surface area contributed by atoms with E-state index in [1.54, 1.807) is 7.11 Å². The lowest BCUT2D eigenvalue weighted by Crippen LogP contribution is -2.29. The number of hydrogen-bond donors (Lipinski definition) is 0. The summed E-state index contributed by atoms with van der Waals surface area (Å²) in [4.78, 5) is 12.0. The summed E-state index contributed by atoms with van der Waals surface area (Å²) in [6, 6.07) is 0. The van der Waals surface area contributed by atoms with Gasteiger partial charge in [-0.1, -0.05) is 45.4 Å². The van der Waals surface area contributed by atoms with Gasteiger partial charge in [0.2, 0.25) is 0 Å². The highest BCUT2D eigenvalue weighted by molar-refractivity contribution is 5.72. The van der Waals surface area contributed by atoms with Crippen molar-refractivity contribution in [3.05, 3.63) is 0 Å². The summed E-state index contributed by atoms with van der Waals surface area (Å²) >= 11 is 0. The summed E-state index contributed by atoms with van der Waals surface area (Å²) < 4.78 is 10.2. The zero-order chi connectivity index (χ0) is 17.2. The van der Waals surface area contributed by atoms with Crippen LogP contribution in [0.5, 0.6) is 0 Å². The largest absolute Gasteiger partial charge is 0.463 e. The molecule has 3 heteroatoms. The van der Waals surface area contributed by atoms with Crippen molar-refractivity contribution >= 4 is 5.97 Å². The maximum atomic E-state index is 12.0. The van der Waals surface area contributed by atoms with Crippen LogP contribution in [0.25, 0.3) is 0 Å². The minimum atomic E-state index is 0.00475. The molecule has 0 aromatic rings. The second-order valence-corrected chi connectivity index (χ2v) is 8.05. The van der Waals surface area contributed by atoms with Crippen molar-refractivity contribution < 1.29 is 14.3 Å². The Morgan fingerprint density at radius 1 is 0.875 bits per heavy atom. The molecule has 2 saturated carbocycles. The number of ether oxygens (including phenoxy) is 2. The van der Waals surface area contributed by atoms with Crippen molar-refractivity contribution in [1.82, 2.24) is 0 Å². The molecule has 0 unspecified atom stereocenters. The van der Waals surface area contributed by atoms with Gasteiger partial charge in [0.1, 0.15) is 6.61 Å². The summed E-state index contributed by atoms with van der Waals surface area (Å²) in [6.07, 6.45) is 15.9. The molecule has 24 heavy (non-hydrogen) atoms. The summed E-state index contributed by atoms with van der Waals surface area (Å²) in [6.45, 7) is 3.19. The van der Waals surface area contributed by atoms with Gasteiger partial charge in [-0.05, 0) is 56.3 Å². The molecule has 0 bridgehead atoms. The smallest absolute Gasteiger partial charge is 0.309 e. The molecule has 0 saturated heterocycles. The zero-order valence-corrected chi connectivity index (χ0v) is 15.9. The summed E-state index contributed by atoms with van der Waals surface area (Å²) in [7, 11) is 1.64. The van der Waals surface area contributed by atoms with Crippen LogP contribution in [0.4, 0.5) is 0 Å². The van der Waals surface area contributed by atoms with E-state index >= 15 is 0 Å². The molecule has 0 atom stereocenters. The average molecular weight is 339 g/mol. The van der Waals surface area contributed by atoms with Gasteiger partial charge in [-0.25, -0.2) is 0 Å². The Morgan fingerprint density at radius 3 is 2.08 bits per heavy atom. The number of unbranched alkanes of at least 4 members (excludes halogenated alkanes) is 2. The Morgan fingerprint density at radius 2 is 1.50 bits per heavy atom. The molecule has 2 rings (SSSR count). The van der Waals surface area contributed by atoms with Gasteiger partial charge in [-0.2, -0.15) is 0 Å². The van der Waals surface area contributed by atoms with Crippen LogP contribution in [0.3, 0.4) is 0 Å². The van der Waals surface area contributed by atoms with Crippen molar-refractivity contribution in [2.75, 3.05) is 20.3 Å². The average Bonchev–Trinajstić information content (AvgIpc) is 2.63. The standard InChI is InChI=1S/C21H38O3/c1-3-4-5-6-17-7-9-18(10-8-17)19-11-13-20(14-12-19)21(22)24-16-15-23-2/h17-20H,3-16H2,1-2H3. The third-order valence-corrected chi connectivity index (χ3v) is 6.41. The topological polar surface area (TPSA) is 35.5 Å². The van der Waals surface area contributed by atoms with Gasteiger partial charge in [0.15, 0.2) is 0 Å². The first-order valence-electron chi connectivity index (χ1n) is 10.4. The molecule has 2 aliphatic rings. The molecular weight excluding hydrogens is 300 g/mol. The lowest BCUT2D eigenvalue weighted by Gasteiger charge is -2.37. The number of rotatable bonds is 9. The van der Waals surface area contributed by atoms with Crippen LogP contribution in [-0.4, -0.2) is 26.3 Å². The van der Waals surface area contributed by atoms with Crippen molar-refractivity contribution in [3.63, 3.8) is 0 Å². The van der Waals surface area contributed by atoms with Gasteiger partial charge in [-0.3, -0.25) is 4.79 Å². The Kier molecular flexibility index (Phi) is 9.15. The fraction of sp³-hybridized carbons (Fsp3) is 0.952. The van der Waals surface area contributed by atoms with Crippen LogP contribution in [-0.2, 0) is 14.3 Å². The number of carbonyl (C=O) groups is 1. The predicted molar refractivity (Wildman–Crippen MR) is 97.9 cm³/mol. The third kappa shape index (κ3) is 6.38. The summed E-state index contributed by atoms with van der Waals surface area (Å²) in [5.41, 5.74) is 0. The molecule has 2 aliphatic carbocycles. The second-order valence-electron chi connectivity index (χ2n) is 8.05. The van der Waals surface area contributed by atoms with Crippen LogP contribution in [0.15, 0.2) is 0 Å². The fourth-order valence-corrected chi connectivity index (χ4v) is 4.80. The van der Waals surface area contributed by atoms with Crippen molar-refractivity contribution in [2.24, 2.45) is 23.7 Å². The number of carbonyl (C=O) groups excluding carboxylic acids is 1. The van der Waals surface area contributed by atoms with Crippen LogP contribution >= 0.6 is 0 Å². The maximum Gasteiger partial charge on any atom is 0.309 e. The van der Waals surface area contributed by atoms with Gasteiger partial charge in [0.05, 0.1) is 12.5 Å². The van der Waals surface area contributed by atoms with Gasteiger partial charge in [0, 0.05) is 7.11 Å². The highest BCUT2D eigenvalue weighted by Crippen LogP contribution is 2.42. The summed E-state index contributed by atoms with van der Waals surface area (Å²) in [5.74, 6) is 2.94. The van der Waals surface area contributed by atoms with E-state index < -0.39 is 0 Å². The SMILES string of the molecule is CCCCCC1CCC(C2CCC(C(=O)OCCOC)CC2)CC1. The van der Waals surface area contributed by atoms with Crippen molar-refractivity contribution in [3.8, 4) is 0 Å². The van der Waals surface area contributed by atoms with Crippen LogP contribution in [0.1, 0.15) is 84.0 Å². The van der Waals surface area contributed by atoms with Crippen LogP contribution in [0, 0.1) is 23.7 Å². The molecule has 2 fully saturated rings. The lowest BCUT2D eigenvalue weighted by atomic mass is 9.68.